The molecular weight excluding hydrogens is 255 g/mol. The lowest BCUT2D eigenvalue weighted by Crippen LogP contribution is -2.22. The Labute approximate surface area is 112 Å². The van der Waals surface area contributed by atoms with Crippen LogP contribution in [0.25, 0.3) is 0 Å². The Hall–Kier alpha value is -1.04. The number of unbranched alkanes of at least 4 members (excludes halogenated alkanes) is 1. The molecule has 0 atom stereocenters. The van der Waals surface area contributed by atoms with E-state index < -0.39 is 12.6 Å². The first-order valence-electron chi connectivity index (χ1n) is 6.50. The van der Waals surface area contributed by atoms with Crippen LogP contribution in [0.2, 0.25) is 0 Å². The van der Waals surface area contributed by atoms with Gasteiger partial charge in [0.25, 0.3) is 0 Å². The van der Waals surface area contributed by atoms with Crippen molar-refractivity contribution in [3.8, 4) is 0 Å². The van der Waals surface area contributed by atoms with Crippen LogP contribution in [0.1, 0.15) is 45.6 Å². The van der Waals surface area contributed by atoms with Crippen LogP contribution in [-0.4, -0.2) is 22.5 Å². The molecular formula is C13H22F3N3. The summed E-state index contributed by atoms with van der Waals surface area (Å²) in [5, 5.41) is 7.39. The van der Waals surface area contributed by atoms with Gasteiger partial charge in [-0.3, -0.25) is 4.68 Å². The topological polar surface area (TPSA) is 29.9 Å². The molecule has 1 aromatic heterocycles. The van der Waals surface area contributed by atoms with Crippen LogP contribution >= 0.6 is 0 Å². The van der Waals surface area contributed by atoms with Gasteiger partial charge in [0.15, 0.2) is 0 Å². The highest BCUT2D eigenvalue weighted by molar-refractivity contribution is 5.04. The third-order valence-electron chi connectivity index (χ3n) is 2.72. The van der Waals surface area contributed by atoms with Gasteiger partial charge in [0.1, 0.15) is 0 Å². The van der Waals surface area contributed by atoms with E-state index in [2.05, 4.69) is 31.2 Å². The van der Waals surface area contributed by atoms with Crippen LogP contribution in [0, 0.1) is 0 Å². The van der Waals surface area contributed by atoms with Gasteiger partial charge < -0.3 is 5.32 Å². The number of nitrogens with zero attached hydrogens (tertiary/aromatic N) is 2. The molecule has 3 nitrogen and oxygen atoms in total. The maximum Gasteiger partial charge on any atom is 0.389 e. The number of halogens is 3. The van der Waals surface area contributed by atoms with Gasteiger partial charge in [0.05, 0.1) is 11.7 Å². The third-order valence-corrected chi connectivity index (χ3v) is 2.72. The second kappa shape index (κ2) is 6.41. The number of hydrogen-bond acceptors (Lipinski definition) is 2. The van der Waals surface area contributed by atoms with E-state index in [-0.39, 0.29) is 12.0 Å². The molecule has 1 aromatic rings. The average molecular weight is 277 g/mol. The SMILES string of the molecule is CC(C)(C)n1cc(CNCCCCC(F)(F)F)cn1. The Morgan fingerprint density at radius 1 is 1.21 bits per heavy atom. The summed E-state index contributed by atoms with van der Waals surface area (Å²) in [7, 11) is 0. The maximum absolute atomic E-state index is 11.9. The zero-order valence-corrected chi connectivity index (χ0v) is 11.7. The van der Waals surface area contributed by atoms with E-state index in [0.717, 1.165) is 5.56 Å². The van der Waals surface area contributed by atoms with E-state index in [1.165, 1.54) is 0 Å². The molecule has 0 unspecified atom stereocenters. The zero-order chi connectivity index (χ0) is 14.5. The Balaban J connectivity index is 2.18. The average Bonchev–Trinajstić information content (AvgIpc) is 2.69. The van der Waals surface area contributed by atoms with Gasteiger partial charge in [0, 0.05) is 24.7 Å². The van der Waals surface area contributed by atoms with E-state index in [0.29, 0.717) is 19.5 Å². The van der Waals surface area contributed by atoms with Crippen molar-refractivity contribution in [1.29, 1.82) is 0 Å². The predicted molar refractivity (Wildman–Crippen MR) is 68.8 cm³/mol. The van der Waals surface area contributed by atoms with Gasteiger partial charge in [-0.15, -0.1) is 0 Å². The molecule has 0 bridgehead atoms. The first-order valence-corrected chi connectivity index (χ1v) is 6.50. The minimum atomic E-state index is -4.03. The van der Waals surface area contributed by atoms with Gasteiger partial charge in [-0.2, -0.15) is 18.3 Å². The molecule has 0 saturated heterocycles. The monoisotopic (exact) mass is 277 g/mol. The van der Waals surface area contributed by atoms with Gasteiger partial charge in [-0.05, 0) is 40.2 Å². The fourth-order valence-electron chi connectivity index (χ4n) is 1.63. The first kappa shape index (κ1) is 16.0. The van der Waals surface area contributed by atoms with Crippen LogP contribution in [0.3, 0.4) is 0 Å². The Morgan fingerprint density at radius 2 is 1.89 bits per heavy atom. The summed E-state index contributed by atoms with van der Waals surface area (Å²) in [4.78, 5) is 0. The second-order valence-electron chi connectivity index (χ2n) is 5.71. The van der Waals surface area contributed by atoms with Crippen LogP contribution in [0.15, 0.2) is 12.4 Å². The molecule has 0 aliphatic carbocycles. The molecule has 1 rings (SSSR count). The number of rotatable bonds is 6. The van der Waals surface area contributed by atoms with Crippen LogP contribution in [0.5, 0.6) is 0 Å². The number of alkyl halides is 3. The van der Waals surface area contributed by atoms with Gasteiger partial charge in [-0.25, -0.2) is 0 Å². The minimum absolute atomic E-state index is 0.0506. The van der Waals surface area contributed by atoms with Crippen molar-refractivity contribution in [3.63, 3.8) is 0 Å². The Bertz CT molecular complexity index is 377. The summed E-state index contributed by atoms with van der Waals surface area (Å²) in [6.45, 7) is 7.43. The number of hydrogen-bond donors (Lipinski definition) is 1. The van der Waals surface area contributed by atoms with Crippen molar-refractivity contribution in [3.05, 3.63) is 18.0 Å². The molecule has 1 N–H and O–H groups in total. The summed E-state index contributed by atoms with van der Waals surface area (Å²) >= 11 is 0. The highest BCUT2D eigenvalue weighted by Crippen LogP contribution is 2.21. The van der Waals surface area contributed by atoms with Crippen molar-refractivity contribution < 1.29 is 13.2 Å². The van der Waals surface area contributed by atoms with E-state index in [4.69, 9.17) is 0 Å². The summed E-state index contributed by atoms with van der Waals surface area (Å²) in [6.07, 6.45) is -0.272. The smallest absolute Gasteiger partial charge is 0.313 e. The Morgan fingerprint density at radius 3 is 2.42 bits per heavy atom. The summed E-state index contributed by atoms with van der Waals surface area (Å²) in [5.74, 6) is 0. The van der Waals surface area contributed by atoms with Crippen molar-refractivity contribution >= 4 is 0 Å². The lowest BCUT2D eigenvalue weighted by atomic mass is 10.1. The normalized spacial score (nSPS) is 12.9. The van der Waals surface area contributed by atoms with Gasteiger partial charge >= 0.3 is 6.18 Å². The summed E-state index contributed by atoms with van der Waals surface area (Å²) in [6, 6.07) is 0. The van der Waals surface area contributed by atoms with E-state index >= 15 is 0 Å². The molecule has 0 spiro atoms. The molecule has 6 heteroatoms. The number of aromatic nitrogens is 2. The molecule has 1 heterocycles. The third kappa shape index (κ3) is 6.61. The highest BCUT2D eigenvalue weighted by Gasteiger charge is 2.25. The largest absolute Gasteiger partial charge is 0.389 e. The minimum Gasteiger partial charge on any atom is -0.313 e. The molecule has 0 saturated carbocycles. The quantitative estimate of drug-likeness (QED) is 0.807. The molecule has 110 valence electrons. The van der Waals surface area contributed by atoms with Crippen LogP contribution < -0.4 is 5.32 Å². The number of nitrogens with one attached hydrogen (secondary N) is 1. The summed E-state index contributed by atoms with van der Waals surface area (Å²) in [5.41, 5.74) is 0.996. The molecule has 0 fully saturated rings. The summed E-state index contributed by atoms with van der Waals surface area (Å²) < 4.78 is 37.6. The standard InChI is InChI=1S/C13H22F3N3/c1-12(2,3)19-10-11(9-18-19)8-17-7-5-4-6-13(14,15)16/h9-10,17H,4-8H2,1-3H3. The van der Waals surface area contributed by atoms with E-state index in [1.54, 1.807) is 6.20 Å². The molecule has 19 heavy (non-hydrogen) atoms. The molecule has 0 aliphatic rings. The van der Waals surface area contributed by atoms with Crippen molar-refractivity contribution in [2.24, 2.45) is 0 Å². The Kier molecular flexibility index (Phi) is 5.40. The fraction of sp³-hybridized carbons (Fsp3) is 0.769. The van der Waals surface area contributed by atoms with Crippen molar-refractivity contribution in [1.82, 2.24) is 15.1 Å². The zero-order valence-electron chi connectivity index (χ0n) is 11.7. The lowest BCUT2D eigenvalue weighted by molar-refractivity contribution is -0.135. The van der Waals surface area contributed by atoms with E-state index in [1.807, 2.05) is 10.9 Å². The second-order valence-corrected chi connectivity index (χ2v) is 5.71. The maximum atomic E-state index is 11.9. The first-order chi connectivity index (χ1) is 8.68. The molecule has 0 aromatic carbocycles. The van der Waals surface area contributed by atoms with E-state index in [9.17, 15) is 13.2 Å². The van der Waals surface area contributed by atoms with Crippen LogP contribution in [-0.2, 0) is 12.1 Å². The molecule has 0 aliphatic heterocycles. The molecule has 0 amide bonds. The predicted octanol–water partition coefficient (Wildman–Crippen LogP) is 3.46. The van der Waals surface area contributed by atoms with Gasteiger partial charge in [0.2, 0.25) is 0 Å². The van der Waals surface area contributed by atoms with Crippen molar-refractivity contribution in [2.45, 2.75) is 58.3 Å². The fourth-order valence-corrected chi connectivity index (χ4v) is 1.63. The van der Waals surface area contributed by atoms with Crippen LogP contribution in [0.4, 0.5) is 13.2 Å². The van der Waals surface area contributed by atoms with Gasteiger partial charge in [-0.1, -0.05) is 0 Å². The van der Waals surface area contributed by atoms with Crippen molar-refractivity contribution in [2.75, 3.05) is 6.54 Å². The lowest BCUT2D eigenvalue weighted by Gasteiger charge is -2.18. The molecule has 0 radical (unpaired) electrons. The highest BCUT2D eigenvalue weighted by atomic mass is 19.4.